The van der Waals surface area contributed by atoms with Crippen molar-refractivity contribution in [2.75, 3.05) is 18.4 Å². The van der Waals surface area contributed by atoms with Gasteiger partial charge in [0.15, 0.2) is 0 Å². The minimum Gasteiger partial charge on any atom is -0.321 e. The molecule has 0 aromatic heterocycles. The second-order valence-corrected chi connectivity index (χ2v) is 9.25. The number of carbonyl (C=O) groups is 1. The van der Waals surface area contributed by atoms with Crippen molar-refractivity contribution in [3.8, 4) is 0 Å². The summed E-state index contributed by atoms with van der Waals surface area (Å²) < 4.78 is 29.0. The fraction of sp³-hybridized carbons (Fsp3) is 0.261. The highest BCUT2D eigenvalue weighted by Gasteiger charge is 2.24. The molecule has 6 nitrogen and oxygen atoms in total. The Kier molecular flexibility index (Phi) is 7.33. The Morgan fingerprint density at radius 1 is 0.935 bits per heavy atom. The molecule has 1 aliphatic rings. The molecular formula is C23H26ClN3O3S. The van der Waals surface area contributed by atoms with Crippen molar-refractivity contribution in [2.45, 2.75) is 30.7 Å². The van der Waals surface area contributed by atoms with E-state index in [1.54, 1.807) is 30.3 Å². The van der Waals surface area contributed by atoms with Gasteiger partial charge in [0.1, 0.15) is 0 Å². The molecule has 0 atom stereocenters. The molecule has 0 spiro atoms. The van der Waals surface area contributed by atoms with Crippen LogP contribution in [0.2, 0.25) is 0 Å². The number of benzene rings is 3. The van der Waals surface area contributed by atoms with E-state index in [0.29, 0.717) is 22.0 Å². The zero-order valence-corrected chi connectivity index (χ0v) is 18.9. The van der Waals surface area contributed by atoms with Crippen molar-refractivity contribution >= 4 is 44.8 Å². The van der Waals surface area contributed by atoms with Gasteiger partial charge in [-0.3, -0.25) is 4.79 Å². The van der Waals surface area contributed by atoms with Crippen LogP contribution in [0.15, 0.2) is 65.6 Å². The minimum atomic E-state index is -3.68. The zero-order chi connectivity index (χ0) is 21.1. The third-order valence-electron chi connectivity index (χ3n) is 5.47. The number of hydrogen-bond acceptors (Lipinski definition) is 4. The zero-order valence-electron chi connectivity index (χ0n) is 17.2. The molecule has 3 aromatic rings. The van der Waals surface area contributed by atoms with E-state index in [1.165, 1.54) is 0 Å². The molecule has 1 heterocycles. The van der Waals surface area contributed by atoms with Crippen LogP contribution in [-0.4, -0.2) is 33.5 Å². The van der Waals surface area contributed by atoms with Crippen LogP contribution in [0.1, 0.15) is 28.8 Å². The Morgan fingerprint density at radius 2 is 1.58 bits per heavy atom. The molecule has 1 amide bonds. The van der Waals surface area contributed by atoms with E-state index in [1.807, 2.05) is 37.3 Å². The lowest BCUT2D eigenvalue weighted by Crippen LogP contribution is -2.42. The average Bonchev–Trinajstić information content (AvgIpc) is 2.74. The van der Waals surface area contributed by atoms with Gasteiger partial charge in [0.25, 0.3) is 5.91 Å². The Morgan fingerprint density at radius 3 is 2.29 bits per heavy atom. The molecule has 0 bridgehead atoms. The van der Waals surface area contributed by atoms with Gasteiger partial charge in [0, 0.05) is 28.1 Å². The van der Waals surface area contributed by atoms with Crippen molar-refractivity contribution in [1.82, 2.24) is 10.0 Å². The lowest BCUT2D eigenvalue weighted by molar-refractivity contribution is 0.102. The number of piperidine rings is 1. The molecule has 1 fully saturated rings. The summed E-state index contributed by atoms with van der Waals surface area (Å²) in [4.78, 5) is 13.0. The maximum absolute atomic E-state index is 13.1. The Balaban J connectivity index is 0.00000272. The number of hydrogen-bond donors (Lipinski definition) is 3. The van der Waals surface area contributed by atoms with Crippen LogP contribution < -0.4 is 15.4 Å². The van der Waals surface area contributed by atoms with Crippen molar-refractivity contribution < 1.29 is 13.2 Å². The van der Waals surface area contributed by atoms with E-state index in [-0.39, 0.29) is 29.3 Å². The summed E-state index contributed by atoms with van der Waals surface area (Å²) in [6.45, 7) is 3.49. The van der Waals surface area contributed by atoms with E-state index in [9.17, 15) is 13.2 Å². The highest BCUT2D eigenvalue weighted by Crippen LogP contribution is 2.30. The van der Waals surface area contributed by atoms with Gasteiger partial charge in [0.2, 0.25) is 10.0 Å². The molecule has 3 aromatic carbocycles. The molecule has 1 aliphatic heterocycles. The van der Waals surface area contributed by atoms with E-state index in [4.69, 9.17) is 0 Å². The monoisotopic (exact) mass is 459 g/mol. The van der Waals surface area contributed by atoms with Gasteiger partial charge in [-0.15, -0.1) is 12.4 Å². The number of carbonyl (C=O) groups excluding carboxylic acids is 1. The van der Waals surface area contributed by atoms with Crippen molar-refractivity contribution in [1.29, 1.82) is 0 Å². The van der Waals surface area contributed by atoms with E-state index in [2.05, 4.69) is 15.4 Å². The van der Waals surface area contributed by atoms with Crippen LogP contribution in [-0.2, 0) is 10.0 Å². The first kappa shape index (κ1) is 23.2. The normalized spacial score (nSPS) is 14.7. The van der Waals surface area contributed by atoms with Crippen LogP contribution in [0.25, 0.3) is 10.8 Å². The van der Waals surface area contributed by atoms with Gasteiger partial charge >= 0.3 is 0 Å². The summed E-state index contributed by atoms with van der Waals surface area (Å²) in [5.41, 5.74) is 2.05. The van der Waals surface area contributed by atoms with Crippen molar-refractivity contribution in [2.24, 2.45) is 0 Å². The third kappa shape index (κ3) is 5.07. The standard InChI is InChI=1S/C23H25N3O3S.ClH/c1-16-6-2-3-7-18(16)23(27)25-21-10-11-22(20-9-5-4-8-19(20)21)30(28,29)26-17-12-14-24-15-13-17;/h2-11,17,24,26H,12-15H2,1H3,(H,25,27);1H. The molecule has 1 saturated heterocycles. The largest absolute Gasteiger partial charge is 0.321 e. The highest BCUT2D eigenvalue weighted by atomic mass is 35.5. The molecule has 0 radical (unpaired) electrons. The number of rotatable bonds is 5. The number of aryl methyl sites for hydroxylation is 1. The Bertz CT molecular complexity index is 1190. The number of anilines is 1. The lowest BCUT2D eigenvalue weighted by Gasteiger charge is -2.24. The number of fused-ring (bicyclic) bond motifs is 1. The predicted molar refractivity (Wildman–Crippen MR) is 127 cm³/mol. The van der Waals surface area contributed by atoms with Crippen LogP contribution in [0.4, 0.5) is 5.69 Å². The quantitative estimate of drug-likeness (QED) is 0.540. The van der Waals surface area contributed by atoms with Gasteiger partial charge in [-0.2, -0.15) is 0 Å². The molecule has 0 aliphatic carbocycles. The molecule has 3 N–H and O–H groups in total. The minimum absolute atomic E-state index is 0. The van der Waals surface area contributed by atoms with Crippen molar-refractivity contribution in [3.05, 3.63) is 71.8 Å². The first-order chi connectivity index (χ1) is 14.5. The number of amides is 1. The summed E-state index contributed by atoms with van der Waals surface area (Å²) in [7, 11) is -3.68. The predicted octanol–water partition coefficient (Wildman–Crippen LogP) is 3.85. The van der Waals surface area contributed by atoms with E-state index >= 15 is 0 Å². The third-order valence-corrected chi connectivity index (χ3v) is 7.05. The summed E-state index contributed by atoms with van der Waals surface area (Å²) >= 11 is 0. The smallest absolute Gasteiger partial charge is 0.255 e. The lowest BCUT2D eigenvalue weighted by atomic mass is 10.1. The molecule has 0 unspecified atom stereocenters. The fourth-order valence-corrected chi connectivity index (χ4v) is 5.37. The van der Waals surface area contributed by atoms with Gasteiger partial charge < -0.3 is 10.6 Å². The second kappa shape index (κ2) is 9.78. The van der Waals surface area contributed by atoms with Gasteiger partial charge in [-0.05, 0) is 56.6 Å². The summed E-state index contributed by atoms with van der Waals surface area (Å²) in [6, 6.07) is 17.8. The number of sulfonamides is 1. The van der Waals surface area contributed by atoms with Crippen molar-refractivity contribution in [3.63, 3.8) is 0 Å². The first-order valence-corrected chi connectivity index (χ1v) is 11.6. The summed E-state index contributed by atoms with van der Waals surface area (Å²) in [5.74, 6) is -0.221. The molecule has 0 saturated carbocycles. The molecule has 8 heteroatoms. The second-order valence-electron chi connectivity index (χ2n) is 7.57. The van der Waals surface area contributed by atoms with Crippen LogP contribution in [0.5, 0.6) is 0 Å². The van der Waals surface area contributed by atoms with Crippen LogP contribution in [0.3, 0.4) is 0 Å². The molecule has 4 rings (SSSR count). The topological polar surface area (TPSA) is 87.3 Å². The summed E-state index contributed by atoms with van der Waals surface area (Å²) in [6.07, 6.45) is 1.53. The van der Waals surface area contributed by atoms with E-state index in [0.717, 1.165) is 31.5 Å². The SMILES string of the molecule is Cc1ccccc1C(=O)Nc1ccc(S(=O)(=O)NC2CCNCC2)c2ccccc12.Cl. The maximum atomic E-state index is 13.1. The summed E-state index contributed by atoms with van der Waals surface area (Å²) in [5, 5.41) is 7.45. The van der Waals surface area contributed by atoms with Crippen LogP contribution >= 0.6 is 12.4 Å². The fourth-order valence-electron chi connectivity index (χ4n) is 3.85. The maximum Gasteiger partial charge on any atom is 0.255 e. The van der Waals surface area contributed by atoms with Gasteiger partial charge in [-0.1, -0.05) is 42.5 Å². The van der Waals surface area contributed by atoms with Gasteiger partial charge in [0.05, 0.1) is 4.90 Å². The van der Waals surface area contributed by atoms with Gasteiger partial charge in [-0.25, -0.2) is 13.1 Å². The average molecular weight is 460 g/mol. The molecular weight excluding hydrogens is 434 g/mol. The number of nitrogens with one attached hydrogen (secondary N) is 3. The Labute approximate surface area is 188 Å². The molecule has 31 heavy (non-hydrogen) atoms. The Hall–Kier alpha value is -2.45. The number of halogens is 1. The van der Waals surface area contributed by atoms with E-state index < -0.39 is 10.0 Å². The molecule has 164 valence electrons. The first-order valence-electron chi connectivity index (χ1n) is 10.1. The highest BCUT2D eigenvalue weighted by molar-refractivity contribution is 7.89. The van der Waals surface area contributed by atoms with Crippen LogP contribution in [0, 0.1) is 6.92 Å².